The Morgan fingerprint density at radius 3 is 2.65 bits per heavy atom. The molecular weight excluding hydrogens is 430 g/mol. The number of sulfonamides is 1. The molecule has 2 aromatic rings. The third kappa shape index (κ3) is 3.40. The second kappa shape index (κ2) is 6.10. The number of halogens is 2. The number of aryl methyl sites for hydroxylation is 1. The van der Waals surface area contributed by atoms with Crippen LogP contribution in [0.15, 0.2) is 31.5 Å². The zero-order chi connectivity index (χ0) is 14.9. The van der Waals surface area contributed by atoms with Gasteiger partial charge in [0, 0.05) is 20.4 Å². The molecule has 0 spiro atoms. The summed E-state index contributed by atoms with van der Waals surface area (Å²) >= 11 is 7.90. The highest BCUT2D eigenvalue weighted by Crippen LogP contribution is 2.31. The highest BCUT2D eigenvalue weighted by Gasteiger charge is 2.21. The molecule has 0 saturated carbocycles. The fourth-order valence-electron chi connectivity index (χ4n) is 1.59. The van der Waals surface area contributed by atoms with Gasteiger partial charge in [0.2, 0.25) is 10.0 Å². The fraction of sp³-hybridized carbons (Fsp3) is 0.182. The second-order valence-corrected chi connectivity index (χ2v) is 8.40. The number of hydrogen-bond donors (Lipinski definition) is 2. The summed E-state index contributed by atoms with van der Waals surface area (Å²) in [5.41, 5.74) is 8.48. The Bertz CT molecular complexity index is 721. The van der Waals surface area contributed by atoms with Gasteiger partial charge in [-0.3, -0.25) is 0 Å². The molecule has 1 aromatic heterocycles. The Hall–Kier alpha value is -0.480. The number of benzene rings is 1. The first-order valence-corrected chi connectivity index (χ1v) is 9.39. The van der Waals surface area contributed by atoms with Crippen LogP contribution < -0.4 is 10.5 Å². The quantitative estimate of drug-likeness (QED) is 0.715. The lowest BCUT2D eigenvalue weighted by Gasteiger charge is -2.11. The number of aromatic nitrogens is 1. The maximum absolute atomic E-state index is 12.3. The fourth-order valence-corrected chi connectivity index (χ4v) is 5.46. The van der Waals surface area contributed by atoms with Crippen molar-refractivity contribution in [2.24, 2.45) is 0 Å². The monoisotopic (exact) mass is 439 g/mol. The van der Waals surface area contributed by atoms with Crippen molar-refractivity contribution in [1.82, 2.24) is 9.71 Å². The van der Waals surface area contributed by atoms with Crippen LogP contribution in [0.4, 0.5) is 5.69 Å². The Morgan fingerprint density at radius 2 is 2.10 bits per heavy atom. The number of nitrogens with zero attached hydrogens (tertiary/aromatic N) is 1. The standard InChI is InChI=1S/C11H11Br2N3O2S2/c1-6-10(19-5-15-6)4-16-20(17,18)11-8(13)2-7(12)3-9(11)14/h2-3,5,16H,4,14H2,1H3. The lowest BCUT2D eigenvalue weighted by molar-refractivity contribution is 0.581. The Morgan fingerprint density at radius 1 is 1.40 bits per heavy atom. The van der Waals surface area contributed by atoms with Crippen LogP contribution in [0.3, 0.4) is 0 Å². The number of rotatable bonds is 4. The lowest BCUT2D eigenvalue weighted by Crippen LogP contribution is -2.24. The van der Waals surface area contributed by atoms with Gasteiger partial charge in [-0.15, -0.1) is 11.3 Å². The van der Waals surface area contributed by atoms with Crippen molar-refractivity contribution < 1.29 is 8.42 Å². The van der Waals surface area contributed by atoms with Crippen molar-refractivity contribution in [3.05, 3.63) is 37.2 Å². The molecule has 5 nitrogen and oxygen atoms in total. The molecule has 3 N–H and O–H groups in total. The van der Waals surface area contributed by atoms with Gasteiger partial charge in [-0.25, -0.2) is 18.1 Å². The van der Waals surface area contributed by atoms with Crippen LogP contribution in [0.1, 0.15) is 10.6 Å². The second-order valence-electron chi connectivity index (χ2n) is 3.99. The van der Waals surface area contributed by atoms with Gasteiger partial charge in [-0.1, -0.05) is 15.9 Å². The minimum Gasteiger partial charge on any atom is -0.398 e. The van der Waals surface area contributed by atoms with Gasteiger partial charge < -0.3 is 5.73 Å². The van der Waals surface area contributed by atoms with Crippen LogP contribution in [0.5, 0.6) is 0 Å². The number of nitrogen functional groups attached to an aromatic ring is 1. The van der Waals surface area contributed by atoms with E-state index in [-0.39, 0.29) is 17.1 Å². The predicted octanol–water partition coefficient (Wildman–Crippen LogP) is 3.04. The molecule has 0 saturated heterocycles. The molecule has 0 unspecified atom stereocenters. The first kappa shape index (κ1) is 15.9. The number of nitrogens with one attached hydrogen (secondary N) is 1. The van der Waals surface area contributed by atoms with Crippen LogP contribution in [0.2, 0.25) is 0 Å². The molecule has 2 rings (SSSR count). The molecule has 1 aromatic carbocycles. The summed E-state index contributed by atoms with van der Waals surface area (Å²) in [7, 11) is -3.70. The summed E-state index contributed by atoms with van der Waals surface area (Å²) in [4.78, 5) is 5.00. The number of thiazole rings is 1. The molecule has 108 valence electrons. The molecule has 0 radical (unpaired) electrons. The predicted molar refractivity (Wildman–Crippen MR) is 87.1 cm³/mol. The van der Waals surface area contributed by atoms with E-state index in [0.29, 0.717) is 8.95 Å². The lowest BCUT2D eigenvalue weighted by atomic mass is 10.3. The SMILES string of the molecule is Cc1ncsc1CNS(=O)(=O)c1c(N)cc(Br)cc1Br. The van der Waals surface area contributed by atoms with E-state index in [1.165, 1.54) is 11.3 Å². The van der Waals surface area contributed by atoms with E-state index in [1.807, 2.05) is 6.92 Å². The zero-order valence-corrected chi connectivity index (χ0v) is 15.2. The van der Waals surface area contributed by atoms with Crippen LogP contribution in [0, 0.1) is 6.92 Å². The maximum Gasteiger partial charge on any atom is 0.244 e. The van der Waals surface area contributed by atoms with Crippen molar-refractivity contribution in [3.8, 4) is 0 Å². The average Bonchev–Trinajstić information content (AvgIpc) is 2.70. The molecule has 0 aliphatic carbocycles. The van der Waals surface area contributed by atoms with Crippen molar-refractivity contribution in [2.75, 3.05) is 5.73 Å². The van der Waals surface area contributed by atoms with Gasteiger partial charge in [0.15, 0.2) is 0 Å². The molecule has 0 atom stereocenters. The molecule has 9 heteroatoms. The van der Waals surface area contributed by atoms with Crippen molar-refractivity contribution in [2.45, 2.75) is 18.4 Å². The van der Waals surface area contributed by atoms with E-state index in [0.717, 1.165) is 10.6 Å². The van der Waals surface area contributed by atoms with Gasteiger partial charge in [0.25, 0.3) is 0 Å². The summed E-state index contributed by atoms with van der Waals surface area (Å²) in [6.07, 6.45) is 0. The van der Waals surface area contributed by atoms with E-state index in [4.69, 9.17) is 5.73 Å². The largest absolute Gasteiger partial charge is 0.398 e. The normalized spacial score (nSPS) is 11.8. The average molecular weight is 441 g/mol. The third-order valence-corrected chi connectivity index (χ3v) is 6.37. The van der Waals surface area contributed by atoms with E-state index in [1.54, 1.807) is 17.6 Å². The molecule has 0 aliphatic heterocycles. The van der Waals surface area contributed by atoms with E-state index >= 15 is 0 Å². The Kier molecular flexibility index (Phi) is 4.85. The number of hydrogen-bond acceptors (Lipinski definition) is 5. The highest BCUT2D eigenvalue weighted by atomic mass is 79.9. The van der Waals surface area contributed by atoms with Gasteiger partial charge in [-0.05, 0) is 35.0 Å². The van der Waals surface area contributed by atoms with Gasteiger partial charge in [0.05, 0.1) is 16.9 Å². The van der Waals surface area contributed by atoms with Gasteiger partial charge in [0.1, 0.15) is 4.90 Å². The molecular formula is C11H11Br2N3O2S2. The molecule has 0 aliphatic rings. The minimum absolute atomic E-state index is 0.0443. The zero-order valence-electron chi connectivity index (χ0n) is 10.4. The summed E-state index contributed by atoms with van der Waals surface area (Å²) in [5, 5.41) is 0. The van der Waals surface area contributed by atoms with Gasteiger partial charge in [-0.2, -0.15) is 0 Å². The van der Waals surface area contributed by atoms with Crippen molar-refractivity contribution in [1.29, 1.82) is 0 Å². The molecule has 1 heterocycles. The maximum atomic E-state index is 12.3. The summed E-state index contributed by atoms with van der Waals surface area (Å²) in [6, 6.07) is 3.19. The van der Waals surface area contributed by atoms with Gasteiger partial charge >= 0.3 is 0 Å². The first-order chi connectivity index (χ1) is 9.31. The summed E-state index contributed by atoms with van der Waals surface area (Å²) in [5.74, 6) is 0. The Balaban J connectivity index is 2.30. The minimum atomic E-state index is -3.70. The summed E-state index contributed by atoms with van der Waals surface area (Å²) < 4.78 is 28.3. The molecule has 0 amide bonds. The van der Waals surface area contributed by atoms with E-state index in [9.17, 15) is 8.42 Å². The summed E-state index contributed by atoms with van der Waals surface area (Å²) in [6.45, 7) is 2.03. The van der Waals surface area contributed by atoms with Crippen LogP contribution >= 0.6 is 43.2 Å². The first-order valence-electron chi connectivity index (χ1n) is 5.44. The molecule has 0 fully saturated rings. The van der Waals surface area contributed by atoms with Crippen LogP contribution in [-0.4, -0.2) is 13.4 Å². The van der Waals surface area contributed by atoms with Crippen LogP contribution in [0.25, 0.3) is 0 Å². The molecule has 0 bridgehead atoms. The number of anilines is 1. The smallest absolute Gasteiger partial charge is 0.244 e. The Labute approximate surface area is 137 Å². The highest BCUT2D eigenvalue weighted by molar-refractivity contribution is 9.11. The topological polar surface area (TPSA) is 85.1 Å². The number of nitrogens with two attached hydrogens (primary N) is 1. The van der Waals surface area contributed by atoms with Crippen molar-refractivity contribution >= 4 is 58.9 Å². The van der Waals surface area contributed by atoms with Crippen LogP contribution in [-0.2, 0) is 16.6 Å². The van der Waals surface area contributed by atoms with E-state index in [2.05, 4.69) is 41.6 Å². The van der Waals surface area contributed by atoms with Crippen molar-refractivity contribution in [3.63, 3.8) is 0 Å². The molecule has 20 heavy (non-hydrogen) atoms. The third-order valence-electron chi connectivity index (χ3n) is 2.57. The van der Waals surface area contributed by atoms with E-state index < -0.39 is 10.0 Å².